The first kappa shape index (κ1) is 28.4. The summed E-state index contributed by atoms with van der Waals surface area (Å²) in [5.74, 6) is 0. The Balaban J connectivity index is 1.09. The summed E-state index contributed by atoms with van der Waals surface area (Å²) >= 11 is 0. The molecule has 1 nitrogen and oxygen atoms in total. The molecule has 11 aromatic carbocycles. The quantitative estimate of drug-likeness (QED) is 0.148. The maximum atomic E-state index is 9.76. The van der Waals surface area contributed by atoms with Gasteiger partial charge in [0.25, 0.3) is 0 Å². The second-order valence-electron chi connectivity index (χ2n) is 15.1. The van der Waals surface area contributed by atoms with E-state index in [1.807, 2.05) is 152 Å². The van der Waals surface area contributed by atoms with Crippen LogP contribution < -0.4 is 4.90 Å². The summed E-state index contributed by atoms with van der Waals surface area (Å²) in [5.41, 5.74) is 6.54. The summed E-state index contributed by atoms with van der Waals surface area (Å²) in [6, 6.07) is 61.7. The van der Waals surface area contributed by atoms with Crippen molar-refractivity contribution in [3.05, 3.63) is 249 Å². The van der Waals surface area contributed by atoms with E-state index in [2.05, 4.69) is 36.4 Å². The SMILES string of the molecule is [2H]c1c([2H])c(N(c2ccc(-c3ccc4ccccc4c3)cc2)c2c([2H])c([2H])c(-c3ccc4ccccc4c3-c3ccccc3)c([2H])c2[2H])c([2H])c([2H])c1-c1ccc(-c2cccc3ccccc23)cc1. The Morgan fingerprint density at radius 1 is 0.262 bits per heavy atom. The zero-order valence-electron chi connectivity index (χ0n) is 41.0. The molecule has 1 heteroatoms. The summed E-state index contributed by atoms with van der Waals surface area (Å²) in [6.07, 6.45) is 0. The van der Waals surface area contributed by atoms with E-state index < -0.39 is 24.2 Å². The van der Waals surface area contributed by atoms with Crippen molar-refractivity contribution in [2.75, 3.05) is 4.90 Å². The number of hydrogen-bond acceptors (Lipinski definition) is 1. The van der Waals surface area contributed by atoms with E-state index in [1.165, 1.54) is 4.90 Å². The predicted octanol–water partition coefficient (Wildman–Crippen LogP) is 17.0. The van der Waals surface area contributed by atoms with Gasteiger partial charge in [0.1, 0.15) is 0 Å². The fourth-order valence-corrected chi connectivity index (χ4v) is 8.35. The molecular weight excluding hydrogens is 735 g/mol. The summed E-state index contributed by atoms with van der Waals surface area (Å²) in [5, 5.41) is 6.20. The van der Waals surface area contributed by atoms with Gasteiger partial charge in [-0.25, -0.2) is 0 Å². The summed E-state index contributed by atoms with van der Waals surface area (Å²) in [4.78, 5) is 1.36. The molecule has 0 radical (unpaired) electrons. The van der Waals surface area contributed by atoms with Crippen LogP contribution in [0.2, 0.25) is 0 Å². The van der Waals surface area contributed by atoms with E-state index in [0.29, 0.717) is 16.8 Å². The van der Waals surface area contributed by atoms with Crippen LogP contribution in [0.25, 0.3) is 88.0 Å². The van der Waals surface area contributed by atoms with Crippen LogP contribution in [0.3, 0.4) is 0 Å². The summed E-state index contributed by atoms with van der Waals surface area (Å²) in [6.45, 7) is 0. The van der Waals surface area contributed by atoms with Crippen LogP contribution in [0.15, 0.2) is 249 Å². The first-order valence-electron chi connectivity index (χ1n) is 24.3. The van der Waals surface area contributed by atoms with Crippen molar-refractivity contribution in [1.82, 2.24) is 0 Å². The number of nitrogens with zero attached hydrogens (tertiary/aromatic N) is 1. The Labute approximate surface area is 368 Å². The molecular formula is C60H41N. The van der Waals surface area contributed by atoms with Gasteiger partial charge in [-0.2, -0.15) is 0 Å². The van der Waals surface area contributed by atoms with E-state index >= 15 is 0 Å². The minimum atomic E-state index is -0.401. The van der Waals surface area contributed by atoms with Crippen molar-refractivity contribution in [2.24, 2.45) is 0 Å². The van der Waals surface area contributed by atoms with Crippen molar-refractivity contribution >= 4 is 49.4 Å². The first-order valence-corrected chi connectivity index (χ1v) is 20.3. The molecule has 61 heavy (non-hydrogen) atoms. The Morgan fingerprint density at radius 3 is 1.49 bits per heavy atom. The second kappa shape index (κ2) is 15.6. The fraction of sp³-hybridized carbons (Fsp3) is 0. The van der Waals surface area contributed by atoms with E-state index in [0.717, 1.165) is 65.7 Å². The fourth-order valence-electron chi connectivity index (χ4n) is 8.35. The van der Waals surface area contributed by atoms with Gasteiger partial charge in [-0.3, -0.25) is 0 Å². The molecule has 0 N–H and O–H groups in total. The number of anilines is 3. The van der Waals surface area contributed by atoms with Gasteiger partial charge in [0.15, 0.2) is 0 Å². The topological polar surface area (TPSA) is 3.24 Å². The first-order chi connectivity index (χ1) is 33.6. The third kappa shape index (κ3) is 6.93. The van der Waals surface area contributed by atoms with Crippen LogP contribution >= 0.6 is 0 Å². The third-order valence-corrected chi connectivity index (χ3v) is 11.4. The van der Waals surface area contributed by atoms with Gasteiger partial charge >= 0.3 is 0 Å². The molecule has 0 saturated carbocycles. The standard InChI is InChI=1S/C60H41N/c1-2-14-50(15-3-1)60-58-19-9-7-13-47(58)33-40-59(60)49-31-38-55(39-32-49)61(54-36-29-45(30-37-54)52-26-23-42-11-4-5-16-51(42)41-52)53-34-27-44(28-35-53)43-21-24-48(25-22-43)57-20-10-17-46-12-6-8-18-56(46)57/h1-41H/i27D,28D,31D,32D,34D,35D,38D,39D. The average molecular weight is 784 g/mol. The molecule has 286 valence electrons. The van der Waals surface area contributed by atoms with Gasteiger partial charge in [-0.1, -0.05) is 206 Å². The smallest absolute Gasteiger partial charge is 0.0645 e. The van der Waals surface area contributed by atoms with Crippen LogP contribution in [0.1, 0.15) is 11.0 Å². The predicted molar refractivity (Wildman–Crippen MR) is 261 cm³/mol. The number of benzene rings is 11. The molecule has 0 spiro atoms. The number of fused-ring (bicyclic) bond motifs is 3. The molecule has 0 atom stereocenters. The van der Waals surface area contributed by atoms with Gasteiger partial charge in [0, 0.05) is 17.1 Å². The van der Waals surface area contributed by atoms with Crippen molar-refractivity contribution in [2.45, 2.75) is 0 Å². The van der Waals surface area contributed by atoms with E-state index in [9.17, 15) is 11.0 Å². The number of hydrogen-bond donors (Lipinski definition) is 0. The molecule has 0 aliphatic heterocycles. The normalized spacial score (nSPS) is 13.1. The van der Waals surface area contributed by atoms with Gasteiger partial charge in [0.05, 0.1) is 11.0 Å². The molecule has 0 aliphatic rings. The Kier molecular flexibility index (Phi) is 7.29. The lowest BCUT2D eigenvalue weighted by Crippen LogP contribution is -2.09. The van der Waals surface area contributed by atoms with Crippen LogP contribution in [-0.4, -0.2) is 0 Å². The van der Waals surface area contributed by atoms with Gasteiger partial charge in [-0.15, -0.1) is 0 Å². The zero-order valence-corrected chi connectivity index (χ0v) is 33.0. The Bertz CT molecular complexity index is 3750. The molecule has 11 rings (SSSR count). The zero-order chi connectivity index (χ0) is 47.5. The molecule has 0 aliphatic carbocycles. The molecule has 0 saturated heterocycles. The van der Waals surface area contributed by atoms with E-state index in [1.54, 1.807) is 12.1 Å². The molecule has 0 amide bonds. The molecule has 11 aromatic rings. The average Bonchev–Trinajstić information content (AvgIpc) is 3.39. The van der Waals surface area contributed by atoms with Gasteiger partial charge in [-0.05, 0) is 130 Å². The second-order valence-corrected chi connectivity index (χ2v) is 15.1. The Morgan fingerprint density at radius 2 is 0.770 bits per heavy atom. The van der Waals surface area contributed by atoms with Crippen molar-refractivity contribution in [3.63, 3.8) is 0 Å². The molecule has 0 unspecified atom stereocenters. The molecule has 0 heterocycles. The highest BCUT2D eigenvalue weighted by Crippen LogP contribution is 2.42. The van der Waals surface area contributed by atoms with Crippen molar-refractivity contribution in [3.8, 4) is 55.6 Å². The van der Waals surface area contributed by atoms with Crippen LogP contribution in [-0.2, 0) is 0 Å². The Hall–Kier alpha value is -8.00. The highest BCUT2D eigenvalue weighted by atomic mass is 15.1. The lowest BCUT2D eigenvalue weighted by Gasteiger charge is -2.26. The largest absolute Gasteiger partial charge is 0.311 e. The van der Waals surface area contributed by atoms with Gasteiger partial charge < -0.3 is 4.90 Å². The maximum Gasteiger partial charge on any atom is 0.0645 e. The summed E-state index contributed by atoms with van der Waals surface area (Å²) in [7, 11) is 0. The summed E-state index contributed by atoms with van der Waals surface area (Å²) < 4.78 is 77.2. The highest BCUT2D eigenvalue weighted by Gasteiger charge is 2.16. The van der Waals surface area contributed by atoms with Crippen molar-refractivity contribution < 1.29 is 11.0 Å². The minimum absolute atomic E-state index is 0.101. The van der Waals surface area contributed by atoms with E-state index in [-0.39, 0.29) is 46.7 Å². The number of rotatable bonds is 8. The highest BCUT2D eigenvalue weighted by molar-refractivity contribution is 6.04. The molecule has 0 fully saturated rings. The van der Waals surface area contributed by atoms with Crippen LogP contribution in [0, 0.1) is 0 Å². The van der Waals surface area contributed by atoms with Crippen LogP contribution in [0.4, 0.5) is 17.1 Å². The van der Waals surface area contributed by atoms with E-state index in [4.69, 9.17) is 0 Å². The molecule has 0 aromatic heterocycles. The lowest BCUT2D eigenvalue weighted by atomic mass is 9.90. The van der Waals surface area contributed by atoms with Gasteiger partial charge in [0.2, 0.25) is 0 Å². The third-order valence-electron chi connectivity index (χ3n) is 11.4. The monoisotopic (exact) mass is 783 g/mol. The van der Waals surface area contributed by atoms with Crippen molar-refractivity contribution in [1.29, 1.82) is 0 Å². The molecule has 0 bridgehead atoms. The lowest BCUT2D eigenvalue weighted by molar-refractivity contribution is 1.28. The minimum Gasteiger partial charge on any atom is -0.311 e. The maximum absolute atomic E-state index is 9.76. The van der Waals surface area contributed by atoms with Crippen LogP contribution in [0.5, 0.6) is 0 Å².